The number of aromatic nitrogens is 4. The summed E-state index contributed by atoms with van der Waals surface area (Å²) in [7, 11) is 0. The topological polar surface area (TPSA) is 46.5 Å². The van der Waals surface area contributed by atoms with Gasteiger partial charge in [-0.3, -0.25) is 9.78 Å². The van der Waals surface area contributed by atoms with Gasteiger partial charge in [-0.25, -0.2) is 0 Å². The predicted octanol–water partition coefficient (Wildman–Crippen LogP) is 1.90. The van der Waals surface area contributed by atoms with Crippen molar-refractivity contribution in [2.24, 2.45) is 0 Å². The highest BCUT2D eigenvalue weighted by atomic mass is 127. The molecule has 1 N–H and O–H groups in total. The number of halogens is 1. The third-order valence-electron chi connectivity index (χ3n) is 1.84. The lowest BCUT2D eigenvalue weighted by atomic mass is 10.3. The van der Waals surface area contributed by atoms with E-state index in [1.54, 1.807) is 6.20 Å². The predicted molar refractivity (Wildman–Crippen MR) is 58.2 cm³/mol. The van der Waals surface area contributed by atoms with Crippen molar-refractivity contribution in [2.75, 3.05) is 0 Å². The molecule has 0 aliphatic rings. The fraction of sp³-hybridized carbons (Fsp3) is 0.250. The van der Waals surface area contributed by atoms with Crippen molar-refractivity contribution in [1.82, 2.24) is 20.0 Å². The summed E-state index contributed by atoms with van der Waals surface area (Å²) in [6, 6.07) is 0. The van der Waals surface area contributed by atoms with Crippen molar-refractivity contribution >= 4 is 22.6 Å². The number of nitrogens with one attached hydrogen (secondary N) is 1. The van der Waals surface area contributed by atoms with Crippen LogP contribution in [0.1, 0.15) is 6.92 Å². The van der Waals surface area contributed by atoms with Gasteiger partial charge in [0.15, 0.2) is 0 Å². The van der Waals surface area contributed by atoms with E-state index in [-0.39, 0.29) is 0 Å². The number of hydrogen-bond acceptors (Lipinski definition) is 2. The molecule has 13 heavy (non-hydrogen) atoms. The molecule has 0 fully saturated rings. The van der Waals surface area contributed by atoms with Crippen LogP contribution in [0.3, 0.4) is 0 Å². The van der Waals surface area contributed by atoms with Crippen LogP contribution < -0.4 is 0 Å². The second kappa shape index (κ2) is 3.49. The Morgan fingerprint density at radius 2 is 2.38 bits per heavy atom. The lowest BCUT2D eigenvalue weighted by Crippen LogP contribution is -1.92. The number of nitrogens with zero attached hydrogens (tertiary/aromatic N) is 3. The lowest BCUT2D eigenvalue weighted by molar-refractivity contribution is 0.660. The third-order valence-corrected chi connectivity index (χ3v) is 2.66. The fourth-order valence-corrected chi connectivity index (χ4v) is 1.71. The van der Waals surface area contributed by atoms with Crippen molar-refractivity contribution in [3.05, 3.63) is 22.2 Å². The minimum absolute atomic E-state index is 0.894. The van der Waals surface area contributed by atoms with Gasteiger partial charge in [-0.1, -0.05) is 0 Å². The number of H-pyrrole nitrogens is 1. The zero-order chi connectivity index (χ0) is 9.26. The molecule has 0 bridgehead atoms. The first-order valence-electron chi connectivity index (χ1n) is 4.03. The molecule has 2 aromatic heterocycles. The van der Waals surface area contributed by atoms with Crippen molar-refractivity contribution in [2.45, 2.75) is 13.5 Å². The fourth-order valence-electron chi connectivity index (χ4n) is 1.14. The molecule has 2 heterocycles. The Balaban J connectivity index is 2.41. The molecule has 0 saturated carbocycles. The van der Waals surface area contributed by atoms with Gasteiger partial charge in [-0.2, -0.15) is 10.2 Å². The quantitative estimate of drug-likeness (QED) is 0.858. The molecule has 0 unspecified atom stereocenters. The maximum absolute atomic E-state index is 4.20. The summed E-state index contributed by atoms with van der Waals surface area (Å²) in [5.74, 6) is 0. The zero-order valence-corrected chi connectivity index (χ0v) is 9.32. The summed E-state index contributed by atoms with van der Waals surface area (Å²) in [5.41, 5.74) is 2.13. The molecular formula is C8H9IN4. The van der Waals surface area contributed by atoms with Gasteiger partial charge in [-0.05, 0) is 29.5 Å². The van der Waals surface area contributed by atoms with E-state index in [1.807, 2.05) is 17.1 Å². The Bertz CT molecular complexity index is 404. The first-order valence-corrected chi connectivity index (χ1v) is 5.11. The van der Waals surface area contributed by atoms with E-state index in [0.29, 0.717) is 0 Å². The molecule has 2 aromatic rings. The minimum atomic E-state index is 0.894. The van der Waals surface area contributed by atoms with Gasteiger partial charge in [0.2, 0.25) is 0 Å². The number of aromatic amines is 1. The molecule has 5 heteroatoms. The molecule has 0 spiro atoms. The molecule has 4 nitrogen and oxygen atoms in total. The zero-order valence-electron chi connectivity index (χ0n) is 7.16. The maximum Gasteiger partial charge on any atom is 0.0815 e. The van der Waals surface area contributed by atoms with Crippen LogP contribution in [0, 0.1) is 3.57 Å². The van der Waals surface area contributed by atoms with Crippen LogP contribution in [-0.4, -0.2) is 20.0 Å². The second-order valence-corrected chi connectivity index (χ2v) is 3.84. The van der Waals surface area contributed by atoms with Gasteiger partial charge in [0.25, 0.3) is 0 Å². The Morgan fingerprint density at radius 3 is 2.92 bits per heavy atom. The van der Waals surface area contributed by atoms with E-state index in [9.17, 15) is 0 Å². The van der Waals surface area contributed by atoms with Crippen LogP contribution >= 0.6 is 22.6 Å². The summed E-state index contributed by atoms with van der Waals surface area (Å²) >= 11 is 2.25. The molecule has 0 radical (unpaired) electrons. The van der Waals surface area contributed by atoms with Crippen LogP contribution in [0.2, 0.25) is 0 Å². The maximum atomic E-state index is 4.20. The van der Waals surface area contributed by atoms with E-state index in [0.717, 1.165) is 21.4 Å². The largest absolute Gasteiger partial charge is 0.277 e. The first kappa shape index (κ1) is 8.74. The summed E-state index contributed by atoms with van der Waals surface area (Å²) in [6.07, 6.45) is 5.66. The third kappa shape index (κ3) is 1.60. The molecule has 68 valence electrons. The molecule has 0 aliphatic carbocycles. The summed E-state index contributed by atoms with van der Waals surface area (Å²) in [4.78, 5) is 0. The van der Waals surface area contributed by atoms with E-state index >= 15 is 0 Å². The van der Waals surface area contributed by atoms with Gasteiger partial charge >= 0.3 is 0 Å². The normalized spacial score (nSPS) is 10.6. The van der Waals surface area contributed by atoms with Gasteiger partial charge in [0, 0.05) is 18.3 Å². The molecule has 2 rings (SSSR count). The lowest BCUT2D eigenvalue weighted by Gasteiger charge is -1.92. The van der Waals surface area contributed by atoms with E-state index in [2.05, 4.69) is 44.8 Å². The number of hydrogen-bond donors (Lipinski definition) is 1. The van der Waals surface area contributed by atoms with Crippen molar-refractivity contribution in [1.29, 1.82) is 0 Å². The SMILES string of the molecule is CCn1cc(-c2[nH]ncc2I)cn1. The van der Waals surface area contributed by atoms with Crippen LogP contribution in [-0.2, 0) is 6.54 Å². The summed E-state index contributed by atoms with van der Waals surface area (Å²) in [6.45, 7) is 2.96. The molecule has 0 saturated heterocycles. The molecule has 0 atom stereocenters. The smallest absolute Gasteiger partial charge is 0.0815 e. The van der Waals surface area contributed by atoms with Gasteiger partial charge in [0.1, 0.15) is 0 Å². The molecular weight excluding hydrogens is 279 g/mol. The molecule has 0 amide bonds. The van der Waals surface area contributed by atoms with Crippen LogP contribution in [0.5, 0.6) is 0 Å². The van der Waals surface area contributed by atoms with Crippen molar-refractivity contribution < 1.29 is 0 Å². The summed E-state index contributed by atoms with van der Waals surface area (Å²) < 4.78 is 3.01. The Kier molecular flexibility index (Phi) is 2.34. The number of rotatable bonds is 2. The van der Waals surface area contributed by atoms with Crippen LogP contribution in [0.4, 0.5) is 0 Å². The Labute approximate surface area is 89.5 Å². The minimum Gasteiger partial charge on any atom is -0.277 e. The van der Waals surface area contributed by atoms with E-state index < -0.39 is 0 Å². The highest BCUT2D eigenvalue weighted by molar-refractivity contribution is 14.1. The Hall–Kier alpha value is -0.850. The second-order valence-electron chi connectivity index (χ2n) is 2.68. The van der Waals surface area contributed by atoms with E-state index in [1.165, 1.54) is 0 Å². The first-order chi connectivity index (χ1) is 6.31. The average molecular weight is 288 g/mol. The highest BCUT2D eigenvalue weighted by Gasteiger charge is 2.06. The molecule has 0 aromatic carbocycles. The van der Waals surface area contributed by atoms with Gasteiger partial charge in [-0.15, -0.1) is 0 Å². The van der Waals surface area contributed by atoms with Crippen molar-refractivity contribution in [3.8, 4) is 11.3 Å². The van der Waals surface area contributed by atoms with Crippen molar-refractivity contribution in [3.63, 3.8) is 0 Å². The number of aryl methyl sites for hydroxylation is 1. The van der Waals surface area contributed by atoms with E-state index in [4.69, 9.17) is 0 Å². The summed E-state index contributed by atoms with van der Waals surface area (Å²) in [5, 5.41) is 11.1. The monoisotopic (exact) mass is 288 g/mol. The van der Waals surface area contributed by atoms with Gasteiger partial charge in [0.05, 0.1) is 21.7 Å². The van der Waals surface area contributed by atoms with Crippen LogP contribution in [0.25, 0.3) is 11.3 Å². The standard InChI is InChI=1S/C8H9IN4/c1-2-13-5-6(3-11-13)8-7(9)4-10-12-8/h3-5H,2H2,1H3,(H,10,12). The van der Waals surface area contributed by atoms with Crippen LogP contribution in [0.15, 0.2) is 18.6 Å². The molecule has 0 aliphatic heterocycles. The average Bonchev–Trinajstić information content (AvgIpc) is 2.71. The Morgan fingerprint density at radius 1 is 1.54 bits per heavy atom. The highest BCUT2D eigenvalue weighted by Crippen LogP contribution is 2.21. The van der Waals surface area contributed by atoms with Gasteiger partial charge < -0.3 is 0 Å².